The Hall–Kier alpha value is -0.120. The summed E-state index contributed by atoms with van der Waals surface area (Å²) in [5.74, 6) is 4.64. The van der Waals surface area contributed by atoms with Crippen LogP contribution < -0.4 is 0 Å². The Kier molecular flexibility index (Phi) is 4.80. The van der Waals surface area contributed by atoms with Crippen molar-refractivity contribution in [1.82, 2.24) is 0 Å². The fraction of sp³-hybridized carbons (Fsp3) is 1.00. The Morgan fingerprint density at radius 2 is 1.45 bits per heavy atom. The highest BCUT2D eigenvalue weighted by atomic mass is 16.5. The first-order valence-corrected chi connectivity index (χ1v) is 13.7. The van der Waals surface area contributed by atoms with Gasteiger partial charge >= 0.3 is 0 Å². The average Bonchev–Trinajstić information content (AvgIpc) is 3.17. The van der Waals surface area contributed by atoms with E-state index >= 15 is 0 Å². The van der Waals surface area contributed by atoms with Gasteiger partial charge in [0, 0.05) is 0 Å². The van der Waals surface area contributed by atoms with Crippen molar-refractivity contribution in [3.05, 3.63) is 0 Å². The Labute approximate surface area is 189 Å². The van der Waals surface area contributed by atoms with Crippen LogP contribution in [-0.4, -0.2) is 34.1 Å². The Morgan fingerprint density at radius 3 is 2.19 bits per heavy atom. The summed E-state index contributed by atoms with van der Waals surface area (Å²) in [5, 5.41) is 21.6. The summed E-state index contributed by atoms with van der Waals surface area (Å²) < 4.78 is 7.09. The lowest BCUT2D eigenvalue weighted by atomic mass is 9.43. The highest BCUT2D eigenvalue weighted by molar-refractivity contribution is 5.17. The standard InChI is InChI=1S/C28H46O3/c1-16-5-11-28(12-6-16)17(2)25-24(31-28)15-21-19-14-23(30)22-13-18(29)7-9-26(22,3)20(19)8-10-27(21,25)4/h16-25,29-30H,5-15H2,1-4H3/t16?,17-,18?,19?,20?,21?,22?,23?,24?,25?,26?,27?,28?/m0/s1. The molecule has 0 amide bonds. The average molecular weight is 431 g/mol. The van der Waals surface area contributed by atoms with E-state index in [1.807, 2.05) is 0 Å². The fourth-order valence-electron chi connectivity index (χ4n) is 10.9. The summed E-state index contributed by atoms with van der Waals surface area (Å²) in [4.78, 5) is 0. The SMILES string of the molecule is CC1CCC2(CC1)OC1CC3C4CC(O)C5CC(O)CCC5(C)C4CCC3(C)C1[C@@H]2C. The lowest BCUT2D eigenvalue weighted by Crippen LogP contribution is -2.58. The van der Waals surface area contributed by atoms with E-state index in [4.69, 9.17) is 4.74 Å². The zero-order valence-corrected chi connectivity index (χ0v) is 20.4. The maximum atomic E-state index is 11.3. The molecule has 1 saturated heterocycles. The van der Waals surface area contributed by atoms with Gasteiger partial charge in [-0.15, -0.1) is 0 Å². The van der Waals surface area contributed by atoms with Crippen LogP contribution in [0.1, 0.15) is 98.3 Å². The molecule has 6 aliphatic rings. The molecule has 0 bridgehead atoms. The molecule has 0 aromatic rings. The molecule has 1 aliphatic heterocycles. The Balaban J connectivity index is 1.28. The summed E-state index contributed by atoms with van der Waals surface area (Å²) in [6, 6.07) is 0. The minimum Gasteiger partial charge on any atom is -0.393 e. The summed E-state index contributed by atoms with van der Waals surface area (Å²) in [7, 11) is 0. The molecule has 5 saturated carbocycles. The van der Waals surface area contributed by atoms with Gasteiger partial charge in [-0.1, -0.05) is 27.7 Å². The molecule has 5 aliphatic carbocycles. The lowest BCUT2D eigenvalue weighted by Gasteiger charge is -2.62. The van der Waals surface area contributed by atoms with Crippen molar-refractivity contribution in [3.63, 3.8) is 0 Å². The van der Waals surface area contributed by atoms with Crippen LogP contribution >= 0.6 is 0 Å². The highest BCUT2D eigenvalue weighted by Gasteiger charge is 2.69. The van der Waals surface area contributed by atoms with Crippen LogP contribution in [0.2, 0.25) is 0 Å². The molecule has 6 rings (SSSR count). The smallest absolute Gasteiger partial charge is 0.0715 e. The van der Waals surface area contributed by atoms with Crippen molar-refractivity contribution >= 4 is 0 Å². The normalized spacial score (nSPS) is 63.3. The third kappa shape index (κ3) is 2.81. The van der Waals surface area contributed by atoms with Gasteiger partial charge in [0.2, 0.25) is 0 Å². The molecule has 2 N–H and O–H groups in total. The first-order valence-electron chi connectivity index (χ1n) is 13.7. The van der Waals surface area contributed by atoms with Gasteiger partial charge in [0.05, 0.1) is 23.9 Å². The van der Waals surface area contributed by atoms with Crippen LogP contribution in [-0.2, 0) is 4.74 Å². The van der Waals surface area contributed by atoms with E-state index in [0.717, 1.165) is 37.5 Å². The summed E-state index contributed by atoms with van der Waals surface area (Å²) >= 11 is 0. The Bertz CT molecular complexity index is 713. The van der Waals surface area contributed by atoms with Crippen LogP contribution in [0.25, 0.3) is 0 Å². The number of hydrogen-bond acceptors (Lipinski definition) is 3. The molecular weight excluding hydrogens is 384 g/mol. The summed E-state index contributed by atoms with van der Waals surface area (Å²) in [6.45, 7) is 10.0. The second kappa shape index (κ2) is 6.95. The van der Waals surface area contributed by atoms with Crippen LogP contribution in [0.4, 0.5) is 0 Å². The molecule has 31 heavy (non-hydrogen) atoms. The molecule has 1 heterocycles. The van der Waals surface area contributed by atoms with Gasteiger partial charge in [-0.25, -0.2) is 0 Å². The van der Waals surface area contributed by atoms with Crippen LogP contribution in [0, 0.1) is 52.3 Å². The van der Waals surface area contributed by atoms with Crippen molar-refractivity contribution in [2.75, 3.05) is 0 Å². The van der Waals surface area contributed by atoms with E-state index in [1.54, 1.807) is 0 Å². The molecule has 0 radical (unpaired) electrons. The third-order valence-corrected chi connectivity index (χ3v) is 12.6. The van der Waals surface area contributed by atoms with Gasteiger partial charge in [0.15, 0.2) is 0 Å². The lowest BCUT2D eigenvalue weighted by molar-refractivity contribution is -0.175. The third-order valence-electron chi connectivity index (χ3n) is 12.6. The predicted molar refractivity (Wildman–Crippen MR) is 122 cm³/mol. The zero-order chi connectivity index (χ0) is 21.8. The first kappa shape index (κ1) is 21.4. The molecule has 1 spiro atoms. The number of fused-ring (bicyclic) bond motifs is 7. The van der Waals surface area contributed by atoms with Crippen molar-refractivity contribution in [2.45, 2.75) is 122 Å². The minimum absolute atomic E-state index is 0.162. The van der Waals surface area contributed by atoms with Crippen LogP contribution in [0.5, 0.6) is 0 Å². The van der Waals surface area contributed by atoms with Gasteiger partial charge < -0.3 is 14.9 Å². The molecule has 3 heteroatoms. The first-order chi connectivity index (χ1) is 14.7. The largest absolute Gasteiger partial charge is 0.393 e. The molecule has 6 fully saturated rings. The zero-order valence-electron chi connectivity index (χ0n) is 20.4. The number of aliphatic hydroxyl groups excluding tert-OH is 2. The van der Waals surface area contributed by atoms with Crippen molar-refractivity contribution in [2.24, 2.45) is 52.3 Å². The van der Waals surface area contributed by atoms with Gasteiger partial charge in [0.1, 0.15) is 0 Å². The van der Waals surface area contributed by atoms with Crippen molar-refractivity contribution in [3.8, 4) is 0 Å². The van der Waals surface area contributed by atoms with E-state index < -0.39 is 0 Å². The van der Waals surface area contributed by atoms with Gasteiger partial charge in [-0.05, 0) is 123 Å². The molecule has 3 nitrogen and oxygen atoms in total. The highest BCUT2D eigenvalue weighted by Crippen LogP contribution is 2.71. The van der Waals surface area contributed by atoms with Gasteiger partial charge in [0.25, 0.3) is 0 Å². The number of aliphatic hydroxyl groups is 2. The maximum absolute atomic E-state index is 11.3. The molecule has 10 unspecified atom stereocenters. The Morgan fingerprint density at radius 1 is 0.742 bits per heavy atom. The second-order valence-corrected chi connectivity index (χ2v) is 13.7. The molecule has 0 aromatic heterocycles. The van der Waals surface area contributed by atoms with Crippen LogP contribution in [0.3, 0.4) is 0 Å². The van der Waals surface area contributed by atoms with Gasteiger partial charge in [-0.2, -0.15) is 0 Å². The second-order valence-electron chi connectivity index (χ2n) is 13.7. The molecule has 0 aromatic carbocycles. The molecule has 11 atom stereocenters. The van der Waals surface area contributed by atoms with Crippen LogP contribution in [0.15, 0.2) is 0 Å². The fourth-order valence-corrected chi connectivity index (χ4v) is 10.9. The van der Waals surface area contributed by atoms with E-state index in [2.05, 4.69) is 27.7 Å². The quantitative estimate of drug-likeness (QED) is 0.528. The summed E-state index contributed by atoms with van der Waals surface area (Å²) in [6.07, 6.45) is 13.0. The van der Waals surface area contributed by atoms with E-state index in [1.165, 1.54) is 44.9 Å². The van der Waals surface area contributed by atoms with Gasteiger partial charge in [-0.3, -0.25) is 0 Å². The van der Waals surface area contributed by atoms with Crippen molar-refractivity contribution in [1.29, 1.82) is 0 Å². The molecule has 176 valence electrons. The monoisotopic (exact) mass is 430 g/mol. The number of hydrogen-bond donors (Lipinski definition) is 2. The molecular formula is C28H46O3. The topological polar surface area (TPSA) is 49.7 Å². The number of ether oxygens (including phenoxy) is 1. The van der Waals surface area contributed by atoms with E-state index in [9.17, 15) is 10.2 Å². The van der Waals surface area contributed by atoms with E-state index in [0.29, 0.717) is 41.1 Å². The predicted octanol–water partition coefficient (Wildman–Crippen LogP) is 5.57. The van der Waals surface area contributed by atoms with Crippen molar-refractivity contribution < 1.29 is 14.9 Å². The summed E-state index contributed by atoms with van der Waals surface area (Å²) in [5.41, 5.74) is 0.762. The minimum atomic E-state index is -0.228. The maximum Gasteiger partial charge on any atom is 0.0715 e. The van der Waals surface area contributed by atoms with E-state index in [-0.39, 0.29) is 23.2 Å². The number of rotatable bonds is 0.